The van der Waals surface area contributed by atoms with Crippen LogP contribution in [0.5, 0.6) is 0 Å². The molecule has 166 valence electrons. The van der Waals surface area contributed by atoms with Crippen molar-refractivity contribution >= 4 is 5.78 Å². The molecular weight excluding hydrogens is 402 g/mol. The monoisotopic (exact) mass is 431 g/mol. The van der Waals surface area contributed by atoms with Crippen LogP contribution < -0.4 is 0 Å². The number of aromatic nitrogens is 3. The first-order valence-electron chi connectivity index (χ1n) is 11.4. The summed E-state index contributed by atoms with van der Waals surface area (Å²) in [5.74, 6) is 0.136. The molecule has 0 unspecified atom stereocenters. The average Bonchev–Trinajstić information content (AvgIpc) is 3.34. The van der Waals surface area contributed by atoms with Crippen molar-refractivity contribution in [2.45, 2.75) is 24.9 Å². The van der Waals surface area contributed by atoms with E-state index in [0.717, 1.165) is 56.9 Å². The molecule has 2 aliphatic rings. The van der Waals surface area contributed by atoms with Gasteiger partial charge >= 0.3 is 0 Å². The normalized spacial score (nSPS) is 19.6. The number of hydrogen-bond donors (Lipinski definition) is 0. The number of carbonyl (C=O) groups excluding carboxylic acids is 1. The Hall–Kier alpha value is -2.87. The summed E-state index contributed by atoms with van der Waals surface area (Å²) in [6, 6.07) is 17.8. The van der Waals surface area contributed by atoms with Crippen LogP contribution in [0.1, 0.15) is 29.0 Å². The van der Waals surface area contributed by atoms with Crippen LogP contribution in [0.3, 0.4) is 0 Å². The van der Waals surface area contributed by atoms with Crippen molar-refractivity contribution in [3.05, 3.63) is 78.4 Å². The topological polar surface area (TPSA) is 63.5 Å². The van der Waals surface area contributed by atoms with Crippen LogP contribution in [-0.2, 0) is 11.3 Å². The van der Waals surface area contributed by atoms with Crippen molar-refractivity contribution in [1.82, 2.24) is 24.6 Å². The number of ether oxygens (including phenoxy) is 1. The number of nitrogens with zero attached hydrogens (tertiary/aromatic N) is 5. The third kappa shape index (κ3) is 4.24. The van der Waals surface area contributed by atoms with Gasteiger partial charge in [-0.25, -0.2) is 4.68 Å². The zero-order valence-electron chi connectivity index (χ0n) is 18.3. The van der Waals surface area contributed by atoms with Crippen molar-refractivity contribution in [1.29, 1.82) is 0 Å². The molecular formula is C25H29N5O2. The number of piperazine rings is 1. The third-order valence-electron chi connectivity index (χ3n) is 6.67. The first-order valence-corrected chi connectivity index (χ1v) is 11.4. The number of pyridine rings is 1. The van der Waals surface area contributed by atoms with Gasteiger partial charge in [0, 0.05) is 58.3 Å². The molecule has 5 rings (SSSR count). The van der Waals surface area contributed by atoms with E-state index < -0.39 is 5.54 Å². The van der Waals surface area contributed by atoms with E-state index in [0.29, 0.717) is 18.9 Å². The van der Waals surface area contributed by atoms with E-state index in [9.17, 15) is 4.79 Å². The summed E-state index contributed by atoms with van der Waals surface area (Å²) in [7, 11) is 0. The fourth-order valence-corrected chi connectivity index (χ4v) is 4.87. The average molecular weight is 432 g/mol. The minimum atomic E-state index is -0.506. The fraction of sp³-hybridized carbons (Fsp3) is 0.400. The van der Waals surface area contributed by atoms with Gasteiger partial charge < -0.3 is 4.74 Å². The standard InChI is InChI=1S/C25H29N5O2/c31-24(23-8-4-5-12-26-23)25(10-18-32-19-11-25)29-16-14-28(15-17-29)20-21-9-13-30(27-21)22-6-2-1-3-7-22/h1-9,12-13H,10-11,14-20H2. The molecule has 7 heteroatoms. The highest BCUT2D eigenvalue weighted by Gasteiger charge is 2.46. The molecule has 0 atom stereocenters. The molecule has 1 aromatic carbocycles. The Morgan fingerprint density at radius 2 is 1.69 bits per heavy atom. The van der Waals surface area contributed by atoms with Gasteiger partial charge in [-0.2, -0.15) is 5.10 Å². The molecule has 7 nitrogen and oxygen atoms in total. The third-order valence-corrected chi connectivity index (χ3v) is 6.67. The fourth-order valence-electron chi connectivity index (χ4n) is 4.87. The van der Waals surface area contributed by atoms with E-state index in [1.54, 1.807) is 6.20 Å². The Bertz CT molecular complexity index is 1020. The molecule has 2 aliphatic heterocycles. The molecule has 0 aliphatic carbocycles. The molecule has 2 fully saturated rings. The van der Waals surface area contributed by atoms with Crippen molar-refractivity contribution in [3.8, 4) is 5.69 Å². The van der Waals surface area contributed by atoms with E-state index in [-0.39, 0.29) is 5.78 Å². The maximum atomic E-state index is 13.5. The van der Waals surface area contributed by atoms with Gasteiger partial charge in [-0.1, -0.05) is 24.3 Å². The van der Waals surface area contributed by atoms with Crippen molar-refractivity contribution in [2.24, 2.45) is 0 Å². The Kier molecular flexibility index (Phi) is 6.12. The maximum Gasteiger partial charge on any atom is 0.201 e. The summed E-state index contributed by atoms with van der Waals surface area (Å²) in [6.07, 6.45) is 5.17. The molecule has 0 saturated carbocycles. The molecule has 0 amide bonds. The van der Waals surface area contributed by atoms with E-state index in [2.05, 4.69) is 33.0 Å². The molecule has 2 saturated heterocycles. The predicted molar refractivity (Wildman–Crippen MR) is 122 cm³/mol. The minimum absolute atomic E-state index is 0.136. The summed E-state index contributed by atoms with van der Waals surface area (Å²) in [4.78, 5) is 22.7. The highest BCUT2D eigenvalue weighted by atomic mass is 16.5. The van der Waals surface area contributed by atoms with Crippen molar-refractivity contribution in [2.75, 3.05) is 39.4 Å². The van der Waals surface area contributed by atoms with Gasteiger partial charge in [-0.05, 0) is 43.2 Å². The van der Waals surface area contributed by atoms with E-state index in [4.69, 9.17) is 9.84 Å². The SMILES string of the molecule is O=C(c1ccccn1)C1(N2CCN(Cc3ccn(-c4ccccc4)n3)CC2)CCOCC1. The highest BCUT2D eigenvalue weighted by Crippen LogP contribution is 2.32. The van der Waals surface area contributed by atoms with Crippen molar-refractivity contribution in [3.63, 3.8) is 0 Å². The Morgan fingerprint density at radius 1 is 0.938 bits per heavy atom. The summed E-state index contributed by atoms with van der Waals surface area (Å²) in [6.45, 7) is 5.60. The number of rotatable bonds is 6. The number of para-hydroxylation sites is 1. The molecule has 3 aromatic rings. The van der Waals surface area contributed by atoms with E-state index in [1.807, 2.05) is 47.3 Å². The molecule has 4 heterocycles. The lowest BCUT2D eigenvalue weighted by molar-refractivity contribution is -0.0341. The second-order valence-corrected chi connectivity index (χ2v) is 8.54. The van der Waals surface area contributed by atoms with Crippen molar-refractivity contribution < 1.29 is 9.53 Å². The Labute approximate surface area is 188 Å². The zero-order valence-corrected chi connectivity index (χ0v) is 18.3. The summed E-state index contributed by atoms with van der Waals surface area (Å²) < 4.78 is 7.54. The smallest absolute Gasteiger partial charge is 0.201 e. The van der Waals surface area contributed by atoms with Gasteiger partial charge in [0.05, 0.1) is 16.9 Å². The molecule has 2 aromatic heterocycles. The first-order chi connectivity index (χ1) is 15.7. The van der Waals surface area contributed by atoms with E-state index >= 15 is 0 Å². The number of ketones is 1. The summed E-state index contributed by atoms with van der Waals surface area (Å²) in [5, 5.41) is 4.75. The first kappa shape index (κ1) is 21.0. The summed E-state index contributed by atoms with van der Waals surface area (Å²) >= 11 is 0. The zero-order chi connectivity index (χ0) is 21.8. The lowest BCUT2D eigenvalue weighted by Crippen LogP contribution is -2.62. The van der Waals surface area contributed by atoms with Crippen LogP contribution in [0.4, 0.5) is 0 Å². The molecule has 0 bridgehead atoms. The molecule has 0 spiro atoms. The highest BCUT2D eigenvalue weighted by molar-refractivity contribution is 6.01. The van der Waals surface area contributed by atoms with E-state index in [1.165, 1.54) is 0 Å². The van der Waals surface area contributed by atoms with Crippen LogP contribution in [0.2, 0.25) is 0 Å². The van der Waals surface area contributed by atoms with Gasteiger partial charge in [-0.15, -0.1) is 0 Å². The molecule has 0 N–H and O–H groups in total. The minimum Gasteiger partial charge on any atom is -0.381 e. The van der Waals surface area contributed by atoms with Gasteiger partial charge in [-0.3, -0.25) is 19.6 Å². The molecule has 0 radical (unpaired) electrons. The lowest BCUT2D eigenvalue weighted by atomic mass is 9.81. The van der Waals surface area contributed by atoms with Crippen LogP contribution in [0.25, 0.3) is 5.69 Å². The largest absolute Gasteiger partial charge is 0.381 e. The lowest BCUT2D eigenvalue weighted by Gasteiger charge is -2.48. The number of hydrogen-bond acceptors (Lipinski definition) is 6. The van der Waals surface area contributed by atoms with Crippen LogP contribution in [0.15, 0.2) is 67.0 Å². The maximum absolute atomic E-state index is 13.5. The molecule has 32 heavy (non-hydrogen) atoms. The number of carbonyl (C=O) groups is 1. The second-order valence-electron chi connectivity index (χ2n) is 8.54. The number of Topliss-reactive ketones (excluding diaryl/α,β-unsaturated/α-hetero) is 1. The van der Waals surface area contributed by atoms with Crippen LogP contribution in [-0.4, -0.2) is 75.3 Å². The summed E-state index contributed by atoms with van der Waals surface area (Å²) in [5.41, 5.74) is 2.18. The Morgan fingerprint density at radius 3 is 2.41 bits per heavy atom. The van der Waals surface area contributed by atoms with Crippen LogP contribution >= 0.6 is 0 Å². The van der Waals surface area contributed by atoms with Gasteiger partial charge in [0.15, 0.2) is 0 Å². The quantitative estimate of drug-likeness (QED) is 0.560. The van der Waals surface area contributed by atoms with Gasteiger partial charge in [0.2, 0.25) is 5.78 Å². The van der Waals surface area contributed by atoms with Crippen LogP contribution in [0, 0.1) is 0 Å². The second kappa shape index (κ2) is 9.32. The predicted octanol–water partition coefficient (Wildman–Crippen LogP) is 2.82. The Balaban J connectivity index is 1.25. The number of benzene rings is 1. The van der Waals surface area contributed by atoms with Gasteiger partial charge in [0.1, 0.15) is 5.69 Å². The van der Waals surface area contributed by atoms with Gasteiger partial charge in [0.25, 0.3) is 0 Å².